The maximum Gasteiger partial charge on any atom is 0.471 e. The van der Waals surface area contributed by atoms with Crippen molar-refractivity contribution in [3.63, 3.8) is 0 Å². The lowest BCUT2D eigenvalue weighted by atomic mass is 10.1. The summed E-state index contributed by atoms with van der Waals surface area (Å²) in [5.41, 5.74) is 1.55. The van der Waals surface area contributed by atoms with Crippen molar-refractivity contribution in [1.82, 2.24) is 9.97 Å². The first kappa shape index (κ1) is 15.0. The lowest BCUT2D eigenvalue weighted by molar-refractivity contribution is -0.170. The van der Waals surface area contributed by atoms with Crippen molar-refractivity contribution in [2.75, 3.05) is 4.90 Å². The summed E-state index contributed by atoms with van der Waals surface area (Å²) in [5.74, 6) is -2.11. The van der Waals surface area contributed by atoms with Crippen LogP contribution in [0.1, 0.15) is 11.1 Å². The van der Waals surface area contributed by atoms with Gasteiger partial charge in [-0.25, -0.2) is 4.98 Å². The summed E-state index contributed by atoms with van der Waals surface area (Å²) in [6.07, 6.45) is -1.28. The van der Waals surface area contributed by atoms with Crippen LogP contribution in [0.25, 0.3) is 0 Å². The maximum absolute atomic E-state index is 12.7. The Hall–Kier alpha value is -2.44. The van der Waals surface area contributed by atoms with E-state index < -0.39 is 12.1 Å². The van der Waals surface area contributed by atoms with E-state index in [2.05, 4.69) is 9.97 Å². The number of aryl methyl sites for hydroxylation is 1. The van der Waals surface area contributed by atoms with Crippen molar-refractivity contribution in [3.8, 4) is 0 Å². The van der Waals surface area contributed by atoms with Gasteiger partial charge in [-0.2, -0.15) is 13.2 Å². The highest BCUT2D eigenvalue weighted by atomic mass is 19.4. The molecule has 0 bridgehead atoms. The van der Waals surface area contributed by atoms with Gasteiger partial charge in [0, 0.05) is 12.4 Å². The Balaban J connectivity index is 2.32. The fraction of sp³-hybridized carbons (Fsp3) is 0.214. The Bertz CT molecular complexity index is 612. The fourth-order valence-electron chi connectivity index (χ4n) is 1.72. The molecule has 0 spiro atoms. The molecule has 0 aliphatic carbocycles. The third kappa shape index (κ3) is 3.77. The fourth-order valence-corrected chi connectivity index (χ4v) is 1.72. The summed E-state index contributed by atoms with van der Waals surface area (Å²) in [6.45, 7) is 1.64. The third-order valence-corrected chi connectivity index (χ3v) is 2.78. The summed E-state index contributed by atoms with van der Waals surface area (Å²) in [7, 11) is 0. The zero-order valence-corrected chi connectivity index (χ0v) is 11.1. The molecule has 2 rings (SSSR count). The monoisotopic (exact) mass is 295 g/mol. The lowest BCUT2D eigenvalue weighted by Crippen LogP contribution is -2.41. The number of carbonyl (C=O) groups is 1. The Morgan fingerprint density at radius 1 is 1.19 bits per heavy atom. The Labute approximate surface area is 119 Å². The van der Waals surface area contributed by atoms with Crippen molar-refractivity contribution in [2.24, 2.45) is 0 Å². The first-order chi connectivity index (χ1) is 9.88. The van der Waals surface area contributed by atoms with Gasteiger partial charge in [0.15, 0.2) is 5.82 Å². The quantitative estimate of drug-likeness (QED) is 0.874. The molecular weight excluding hydrogens is 283 g/mol. The third-order valence-electron chi connectivity index (χ3n) is 2.78. The number of carbonyl (C=O) groups excluding carboxylic acids is 1. The second-order valence-electron chi connectivity index (χ2n) is 4.44. The molecule has 0 fully saturated rings. The molecule has 0 saturated heterocycles. The molecule has 1 aromatic heterocycles. The van der Waals surface area contributed by atoms with Crippen LogP contribution in [-0.4, -0.2) is 22.1 Å². The Morgan fingerprint density at radius 3 is 2.38 bits per heavy atom. The molecule has 1 amide bonds. The number of nitrogens with zero attached hydrogens (tertiary/aromatic N) is 3. The van der Waals surface area contributed by atoms with Gasteiger partial charge in [0.25, 0.3) is 0 Å². The number of halogens is 3. The zero-order chi connectivity index (χ0) is 15.5. The zero-order valence-electron chi connectivity index (χ0n) is 11.1. The summed E-state index contributed by atoms with van der Waals surface area (Å²) >= 11 is 0. The van der Waals surface area contributed by atoms with E-state index in [0.717, 1.165) is 11.8 Å². The summed E-state index contributed by atoms with van der Waals surface area (Å²) in [5, 5.41) is 0. The van der Waals surface area contributed by atoms with Crippen molar-refractivity contribution in [2.45, 2.75) is 19.6 Å². The van der Waals surface area contributed by atoms with E-state index >= 15 is 0 Å². The molecule has 0 unspecified atom stereocenters. The molecule has 2 aromatic rings. The van der Waals surface area contributed by atoms with Crippen LogP contribution in [0, 0.1) is 6.92 Å². The van der Waals surface area contributed by atoms with Crippen LogP contribution in [0.5, 0.6) is 0 Å². The van der Waals surface area contributed by atoms with E-state index in [0.29, 0.717) is 10.5 Å². The molecule has 0 radical (unpaired) electrons. The highest BCUT2D eigenvalue weighted by Crippen LogP contribution is 2.23. The van der Waals surface area contributed by atoms with Gasteiger partial charge in [-0.3, -0.25) is 14.7 Å². The van der Waals surface area contributed by atoms with Crippen LogP contribution in [0.4, 0.5) is 19.0 Å². The normalized spacial score (nSPS) is 11.2. The SMILES string of the molecule is Cc1ccc(CN(C(=O)C(F)(F)F)c2cnccn2)cc1. The predicted octanol–water partition coefficient (Wildman–Crippen LogP) is 2.88. The molecule has 1 heterocycles. The second kappa shape index (κ2) is 5.90. The smallest absolute Gasteiger partial charge is 0.283 e. The molecule has 0 atom stereocenters. The number of hydrogen-bond donors (Lipinski definition) is 0. The van der Waals surface area contributed by atoms with E-state index in [-0.39, 0.29) is 12.4 Å². The van der Waals surface area contributed by atoms with Crippen LogP contribution < -0.4 is 4.90 Å². The maximum atomic E-state index is 12.7. The number of aromatic nitrogens is 2. The molecule has 4 nitrogen and oxygen atoms in total. The largest absolute Gasteiger partial charge is 0.471 e. The minimum atomic E-state index is -4.97. The van der Waals surface area contributed by atoms with Crippen molar-refractivity contribution >= 4 is 11.7 Å². The van der Waals surface area contributed by atoms with Crippen molar-refractivity contribution in [3.05, 3.63) is 54.0 Å². The number of benzene rings is 1. The number of hydrogen-bond acceptors (Lipinski definition) is 3. The van der Waals surface area contributed by atoms with Gasteiger partial charge in [0.1, 0.15) is 0 Å². The predicted molar refractivity (Wildman–Crippen MR) is 70.5 cm³/mol. The minimum Gasteiger partial charge on any atom is -0.283 e. The molecule has 21 heavy (non-hydrogen) atoms. The van der Waals surface area contributed by atoms with Crippen LogP contribution >= 0.6 is 0 Å². The molecule has 110 valence electrons. The average molecular weight is 295 g/mol. The standard InChI is InChI=1S/C14H12F3N3O/c1-10-2-4-11(5-3-10)9-20(13(21)14(15,16)17)12-8-18-6-7-19-12/h2-8H,9H2,1H3. The van der Waals surface area contributed by atoms with E-state index in [1.165, 1.54) is 12.4 Å². The minimum absolute atomic E-state index is 0.139. The topological polar surface area (TPSA) is 46.1 Å². The number of anilines is 1. The molecule has 0 aliphatic heterocycles. The van der Waals surface area contributed by atoms with Crippen molar-refractivity contribution < 1.29 is 18.0 Å². The van der Waals surface area contributed by atoms with Crippen LogP contribution in [0.2, 0.25) is 0 Å². The van der Waals surface area contributed by atoms with Gasteiger partial charge in [0.2, 0.25) is 0 Å². The second-order valence-corrected chi connectivity index (χ2v) is 4.44. The molecule has 0 saturated carbocycles. The van der Waals surface area contributed by atoms with Crippen LogP contribution in [0.3, 0.4) is 0 Å². The van der Waals surface area contributed by atoms with E-state index in [1.54, 1.807) is 24.3 Å². The van der Waals surface area contributed by atoms with Gasteiger partial charge < -0.3 is 0 Å². The van der Waals surface area contributed by atoms with Gasteiger partial charge in [-0.15, -0.1) is 0 Å². The Kier molecular flexibility index (Phi) is 4.21. The summed E-state index contributed by atoms with van der Waals surface area (Å²) < 4.78 is 38.1. The van der Waals surface area contributed by atoms with E-state index in [4.69, 9.17) is 0 Å². The van der Waals surface area contributed by atoms with Crippen LogP contribution in [-0.2, 0) is 11.3 Å². The molecule has 1 aromatic carbocycles. The van der Waals surface area contributed by atoms with Crippen LogP contribution in [0.15, 0.2) is 42.9 Å². The number of amides is 1. The Morgan fingerprint density at radius 2 is 1.86 bits per heavy atom. The number of rotatable bonds is 3. The lowest BCUT2D eigenvalue weighted by Gasteiger charge is -2.22. The molecule has 0 N–H and O–H groups in total. The van der Waals surface area contributed by atoms with E-state index in [1.807, 2.05) is 6.92 Å². The molecular formula is C14H12F3N3O. The summed E-state index contributed by atoms with van der Waals surface area (Å²) in [4.78, 5) is 19.6. The first-order valence-electron chi connectivity index (χ1n) is 6.08. The molecule has 7 heteroatoms. The van der Waals surface area contributed by atoms with Gasteiger partial charge >= 0.3 is 12.1 Å². The van der Waals surface area contributed by atoms with Gasteiger partial charge in [0.05, 0.1) is 12.7 Å². The average Bonchev–Trinajstić information content (AvgIpc) is 2.46. The van der Waals surface area contributed by atoms with Gasteiger partial charge in [-0.05, 0) is 12.5 Å². The highest BCUT2D eigenvalue weighted by Gasteiger charge is 2.43. The van der Waals surface area contributed by atoms with Crippen molar-refractivity contribution in [1.29, 1.82) is 0 Å². The van der Waals surface area contributed by atoms with E-state index in [9.17, 15) is 18.0 Å². The molecule has 0 aliphatic rings. The number of alkyl halides is 3. The highest BCUT2D eigenvalue weighted by molar-refractivity contribution is 5.96. The van der Waals surface area contributed by atoms with Gasteiger partial charge in [-0.1, -0.05) is 29.8 Å². The first-order valence-corrected chi connectivity index (χ1v) is 6.08. The summed E-state index contributed by atoms with van der Waals surface area (Å²) in [6, 6.07) is 6.87.